The van der Waals surface area contributed by atoms with Crippen molar-refractivity contribution in [3.63, 3.8) is 0 Å². The van der Waals surface area contributed by atoms with Gasteiger partial charge in [-0.15, -0.1) is 0 Å². The Labute approximate surface area is 160 Å². The van der Waals surface area contributed by atoms with Crippen LogP contribution in [0.1, 0.15) is 49.4 Å². The van der Waals surface area contributed by atoms with Crippen LogP contribution < -0.4 is 9.62 Å². The number of nitrogens with zero attached hydrogens (tertiary/aromatic N) is 1. The van der Waals surface area contributed by atoms with Crippen LogP contribution in [-0.2, 0) is 27.7 Å². The molecule has 1 aliphatic carbocycles. The van der Waals surface area contributed by atoms with Crippen LogP contribution >= 0.6 is 0 Å². The molecule has 27 heavy (non-hydrogen) atoms. The third-order valence-electron chi connectivity index (χ3n) is 5.58. The van der Waals surface area contributed by atoms with Crippen molar-refractivity contribution in [2.24, 2.45) is 0 Å². The number of aryl methyl sites for hydroxylation is 1. The summed E-state index contributed by atoms with van der Waals surface area (Å²) in [5.41, 5.74) is 4.02. The highest BCUT2D eigenvalue weighted by Gasteiger charge is 2.31. The van der Waals surface area contributed by atoms with E-state index in [4.69, 9.17) is 0 Å². The Hall–Kier alpha value is -2.18. The van der Waals surface area contributed by atoms with Gasteiger partial charge in [-0.1, -0.05) is 24.3 Å². The van der Waals surface area contributed by atoms with Crippen LogP contribution in [0.5, 0.6) is 0 Å². The maximum Gasteiger partial charge on any atom is 0.241 e. The number of carbonyl (C=O) groups is 1. The molecule has 1 N–H and O–H groups in total. The van der Waals surface area contributed by atoms with Gasteiger partial charge in [-0.05, 0) is 67.5 Å². The van der Waals surface area contributed by atoms with Crippen molar-refractivity contribution < 1.29 is 13.2 Å². The van der Waals surface area contributed by atoms with E-state index in [0.29, 0.717) is 6.42 Å². The van der Waals surface area contributed by atoms with Crippen molar-refractivity contribution in [2.45, 2.75) is 56.5 Å². The molecule has 6 heteroatoms. The van der Waals surface area contributed by atoms with E-state index < -0.39 is 10.0 Å². The third kappa shape index (κ3) is 3.28. The first-order valence-corrected chi connectivity index (χ1v) is 10.9. The van der Waals surface area contributed by atoms with Gasteiger partial charge in [0.2, 0.25) is 15.9 Å². The minimum absolute atomic E-state index is 0.0196. The van der Waals surface area contributed by atoms with Crippen LogP contribution in [-0.4, -0.2) is 20.4 Å². The molecule has 0 fully saturated rings. The van der Waals surface area contributed by atoms with Gasteiger partial charge in [0, 0.05) is 24.7 Å². The first-order valence-electron chi connectivity index (χ1n) is 9.39. The fourth-order valence-corrected chi connectivity index (χ4v) is 5.69. The van der Waals surface area contributed by atoms with E-state index in [9.17, 15) is 13.2 Å². The van der Waals surface area contributed by atoms with Crippen LogP contribution in [0.15, 0.2) is 47.4 Å². The van der Waals surface area contributed by atoms with Crippen LogP contribution in [0.3, 0.4) is 0 Å². The second-order valence-corrected chi connectivity index (χ2v) is 9.21. The van der Waals surface area contributed by atoms with Gasteiger partial charge >= 0.3 is 0 Å². The van der Waals surface area contributed by atoms with Crippen molar-refractivity contribution in [1.29, 1.82) is 0 Å². The molecule has 0 saturated heterocycles. The van der Waals surface area contributed by atoms with Crippen molar-refractivity contribution in [3.05, 3.63) is 59.2 Å². The Morgan fingerprint density at radius 3 is 2.70 bits per heavy atom. The number of hydrogen-bond acceptors (Lipinski definition) is 3. The first kappa shape index (κ1) is 18.2. The zero-order valence-electron chi connectivity index (χ0n) is 15.6. The third-order valence-corrected chi connectivity index (χ3v) is 7.05. The molecule has 2 aliphatic rings. The Kier molecular flexibility index (Phi) is 4.56. The molecule has 142 valence electrons. The van der Waals surface area contributed by atoms with Gasteiger partial charge < -0.3 is 4.90 Å². The lowest BCUT2D eigenvalue weighted by Crippen LogP contribution is -2.33. The second-order valence-electron chi connectivity index (χ2n) is 7.50. The fraction of sp³-hybridized carbons (Fsp3) is 0.381. The van der Waals surface area contributed by atoms with E-state index in [-0.39, 0.29) is 22.9 Å². The molecule has 1 aliphatic heterocycles. The summed E-state index contributed by atoms with van der Waals surface area (Å²) in [6, 6.07) is 13.0. The number of benzene rings is 2. The number of amides is 1. The SMILES string of the molecule is CC(=O)N1c2ccc(S(=O)(=O)N[C@@H]3CCCc4ccccc43)cc2C[C@H]1C. The van der Waals surface area contributed by atoms with Gasteiger partial charge in [-0.2, -0.15) is 0 Å². The monoisotopic (exact) mass is 384 g/mol. The molecule has 5 nitrogen and oxygen atoms in total. The van der Waals surface area contributed by atoms with E-state index >= 15 is 0 Å². The summed E-state index contributed by atoms with van der Waals surface area (Å²) < 4.78 is 28.9. The summed E-state index contributed by atoms with van der Waals surface area (Å²) in [4.78, 5) is 13.9. The van der Waals surface area contributed by atoms with Crippen molar-refractivity contribution in [3.8, 4) is 0 Å². The molecule has 2 atom stereocenters. The molecular formula is C21H24N2O3S. The van der Waals surface area contributed by atoms with E-state index in [1.165, 1.54) is 5.56 Å². The van der Waals surface area contributed by atoms with Crippen molar-refractivity contribution in [2.75, 3.05) is 4.90 Å². The summed E-state index contributed by atoms with van der Waals surface area (Å²) in [5, 5.41) is 0. The predicted octanol–water partition coefficient (Wildman–Crippen LogP) is 3.34. The molecule has 0 aromatic heterocycles. The molecule has 0 saturated carbocycles. The number of rotatable bonds is 3. The second kappa shape index (κ2) is 6.77. The quantitative estimate of drug-likeness (QED) is 0.883. The number of carbonyl (C=O) groups excluding carboxylic acids is 1. The average molecular weight is 385 g/mol. The molecule has 1 heterocycles. The van der Waals surface area contributed by atoms with E-state index in [1.54, 1.807) is 30.0 Å². The van der Waals surface area contributed by atoms with Crippen molar-refractivity contribution in [1.82, 2.24) is 4.72 Å². The fourth-order valence-electron chi connectivity index (χ4n) is 4.39. The van der Waals surface area contributed by atoms with Crippen LogP contribution in [0, 0.1) is 0 Å². The lowest BCUT2D eigenvalue weighted by Gasteiger charge is -2.26. The Balaban J connectivity index is 1.63. The highest BCUT2D eigenvalue weighted by molar-refractivity contribution is 7.89. The van der Waals surface area contributed by atoms with Crippen molar-refractivity contribution >= 4 is 21.6 Å². The zero-order valence-corrected chi connectivity index (χ0v) is 16.4. The minimum Gasteiger partial charge on any atom is -0.309 e. The van der Waals surface area contributed by atoms with E-state index in [2.05, 4.69) is 10.8 Å². The number of hydrogen-bond donors (Lipinski definition) is 1. The number of nitrogens with one attached hydrogen (secondary N) is 1. The Morgan fingerprint density at radius 1 is 1.15 bits per heavy atom. The lowest BCUT2D eigenvalue weighted by atomic mass is 9.88. The van der Waals surface area contributed by atoms with Crippen LogP contribution in [0.25, 0.3) is 0 Å². The first-order chi connectivity index (χ1) is 12.9. The molecule has 0 spiro atoms. The summed E-state index contributed by atoms with van der Waals surface area (Å²) in [7, 11) is -3.63. The van der Waals surface area contributed by atoms with Crippen LogP contribution in [0.2, 0.25) is 0 Å². The lowest BCUT2D eigenvalue weighted by molar-refractivity contribution is -0.116. The number of fused-ring (bicyclic) bond motifs is 2. The summed E-state index contributed by atoms with van der Waals surface area (Å²) in [6.45, 7) is 3.52. The summed E-state index contributed by atoms with van der Waals surface area (Å²) in [5.74, 6) is -0.0196. The van der Waals surface area contributed by atoms with Crippen LogP contribution in [0.4, 0.5) is 5.69 Å². The normalized spacial score (nSPS) is 21.6. The molecule has 1 amide bonds. The van der Waals surface area contributed by atoms with Gasteiger partial charge in [0.1, 0.15) is 0 Å². The predicted molar refractivity (Wildman–Crippen MR) is 105 cm³/mol. The summed E-state index contributed by atoms with van der Waals surface area (Å²) >= 11 is 0. The van der Waals surface area contributed by atoms with Gasteiger partial charge in [0.25, 0.3) is 0 Å². The smallest absolute Gasteiger partial charge is 0.241 e. The molecule has 2 aromatic rings. The molecule has 0 bridgehead atoms. The standard InChI is InChI=1S/C21H24N2O3S/c1-14-12-17-13-18(10-11-21(17)23(14)15(2)24)27(25,26)22-20-9-5-7-16-6-3-4-8-19(16)20/h3-4,6,8,10-11,13-14,20,22H,5,7,9,12H2,1-2H3/t14-,20-/m1/s1. The minimum atomic E-state index is -3.63. The van der Waals surface area contributed by atoms with E-state index in [0.717, 1.165) is 36.1 Å². The van der Waals surface area contributed by atoms with Gasteiger partial charge in [0.05, 0.1) is 4.90 Å². The summed E-state index contributed by atoms with van der Waals surface area (Å²) in [6.07, 6.45) is 3.44. The molecule has 4 rings (SSSR count). The Bertz CT molecular complexity index is 1000. The molecule has 0 radical (unpaired) electrons. The highest BCUT2D eigenvalue weighted by atomic mass is 32.2. The largest absolute Gasteiger partial charge is 0.309 e. The topological polar surface area (TPSA) is 66.5 Å². The zero-order chi connectivity index (χ0) is 19.2. The van der Waals surface area contributed by atoms with Gasteiger partial charge in [-0.3, -0.25) is 4.79 Å². The maximum atomic E-state index is 13.0. The average Bonchev–Trinajstić information content (AvgIpc) is 2.97. The highest BCUT2D eigenvalue weighted by Crippen LogP contribution is 2.35. The Morgan fingerprint density at radius 2 is 1.93 bits per heavy atom. The molecule has 0 unspecified atom stereocenters. The molecule has 2 aromatic carbocycles. The number of sulfonamides is 1. The number of anilines is 1. The maximum absolute atomic E-state index is 13.0. The van der Waals surface area contributed by atoms with Gasteiger partial charge in [-0.25, -0.2) is 13.1 Å². The van der Waals surface area contributed by atoms with E-state index in [1.807, 2.05) is 25.1 Å². The van der Waals surface area contributed by atoms with Gasteiger partial charge in [0.15, 0.2) is 0 Å². The molecular weight excluding hydrogens is 360 g/mol.